The van der Waals surface area contributed by atoms with Crippen LogP contribution < -0.4 is 5.56 Å². The van der Waals surface area contributed by atoms with Gasteiger partial charge in [-0.3, -0.25) is 14.6 Å². The lowest BCUT2D eigenvalue weighted by atomic mass is 10.1. The molecule has 6 nitrogen and oxygen atoms in total. The molecule has 0 saturated carbocycles. The van der Waals surface area contributed by atoms with E-state index in [9.17, 15) is 9.59 Å². The number of H-pyrrole nitrogens is 1. The first-order valence-corrected chi connectivity index (χ1v) is 8.35. The van der Waals surface area contributed by atoms with Gasteiger partial charge in [0, 0.05) is 30.5 Å². The highest BCUT2D eigenvalue weighted by molar-refractivity contribution is 5.79. The van der Waals surface area contributed by atoms with E-state index in [0.29, 0.717) is 29.3 Å². The average Bonchev–Trinajstić information content (AvgIpc) is 2.59. The standard InChI is InChI=1S/C18H24N4O2/c1-4-6-11-22(5-2)16(23)12-14-13(3)20-17(21-18(14)24)15-9-7-8-10-19-15/h7-10H,4-6,11-12H2,1-3H3,(H,20,21,24). The van der Waals surface area contributed by atoms with Crippen molar-refractivity contribution >= 4 is 5.91 Å². The minimum Gasteiger partial charge on any atom is -0.343 e. The Morgan fingerprint density at radius 2 is 2.08 bits per heavy atom. The number of nitrogens with zero attached hydrogens (tertiary/aromatic N) is 3. The van der Waals surface area contributed by atoms with Crippen molar-refractivity contribution in [3.8, 4) is 11.5 Å². The summed E-state index contributed by atoms with van der Waals surface area (Å²) in [6.45, 7) is 7.17. The van der Waals surface area contributed by atoms with Gasteiger partial charge in [0.15, 0.2) is 5.82 Å². The summed E-state index contributed by atoms with van der Waals surface area (Å²) in [6.07, 6.45) is 3.72. The number of pyridine rings is 1. The third kappa shape index (κ3) is 4.28. The van der Waals surface area contributed by atoms with Gasteiger partial charge in [-0.1, -0.05) is 19.4 Å². The van der Waals surface area contributed by atoms with Gasteiger partial charge < -0.3 is 9.88 Å². The van der Waals surface area contributed by atoms with Gasteiger partial charge in [0.1, 0.15) is 5.69 Å². The van der Waals surface area contributed by atoms with Gasteiger partial charge in [-0.25, -0.2) is 4.98 Å². The quantitative estimate of drug-likeness (QED) is 0.846. The molecule has 1 amide bonds. The number of aryl methyl sites for hydroxylation is 1. The van der Waals surface area contributed by atoms with Crippen LogP contribution in [0.25, 0.3) is 11.5 Å². The predicted molar refractivity (Wildman–Crippen MR) is 93.7 cm³/mol. The number of hydrogen-bond acceptors (Lipinski definition) is 4. The molecular formula is C18H24N4O2. The van der Waals surface area contributed by atoms with Crippen molar-refractivity contribution in [1.82, 2.24) is 19.9 Å². The summed E-state index contributed by atoms with van der Waals surface area (Å²) in [4.78, 5) is 38.0. The number of nitrogens with one attached hydrogen (secondary N) is 1. The van der Waals surface area contributed by atoms with Gasteiger partial charge in [0.25, 0.3) is 5.56 Å². The van der Waals surface area contributed by atoms with Gasteiger partial charge in [-0.2, -0.15) is 0 Å². The first-order chi connectivity index (χ1) is 11.6. The van der Waals surface area contributed by atoms with E-state index in [1.54, 1.807) is 30.2 Å². The lowest BCUT2D eigenvalue weighted by Crippen LogP contribution is -2.35. The Hall–Kier alpha value is -2.50. The minimum absolute atomic E-state index is 0.0352. The van der Waals surface area contributed by atoms with Crippen molar-refractivity contribution in [2.75, 3.05) is 13.1 Å². The molecule has 2 aromatic rings. The van der Waals surface area contributed by atoms with E-state index in [1.807, 2.05) is 13.0 Å². The molecule has 2 aromatic heterocycles. The van der Waals surface area contributed by atoms with Crippen LogP contribution in [0.1, 0.15) is 37.9 Å². The van der Waals surface area contributed by atoms with Crippen molar-refractivity contribution in [2.24, 2.45) is 0 Å². The van der Waals surface area contributed by atoms with E-state index in [4.69, 9.17) is 0 Å². The Morgan fingerprint density at radius 3 is 2.67 bits per heavy atom. The molecule has 2 heterocycles. The molecule has 0 aliphatic rings. The van der Waals surface area contributed by atoms with Crippen LogP contribution in [0.15, 0.2) is 29.2 Å². The van der Waals surface area contributed by atoms with Crippen molar-refractivity contribution in [2.45, 2.75) is 40.0 Å². The van der Waals surface area contributed by atoms with Crippen LogP contribution in [0.4, 0.5) is 0 Å². The fourth-order valence-electron chi connectivity index (χ4n) is 2.51. The molecule has 0 atom stereocenters. The maximum atomic E-state index is 12.4. The Labute approximate surface area is 142 Å². The average molecular weight is 328 g/mol. The van der Waals surface area contributed by atoms with Crippen LogP contribution >= 0.6 is 0 Å². The molecule has 0 aromatic carbocycles. The monoisotopic (exact) mass is 328 g/mol. The molecule has 0 bridgehead atoms. The molecule has 1 N–H and O–H groups in total. The molecule has 6 heteroatoms. The molecule has 0 spiro atoms. The Bertz CT molecular complexity index is 740. The molecule has 2 rings (SSSR count). The van der Waals surface area contributed by atoms with E-state index in [2.05, 4.69) is 21.9 Å². The third-order valence-corrected chi connectivity index (χ3v) is 3.97. The number of aromatic nitrogens is 3. The molecule has 24 heavy (non-hydrogen) atoms. The first kappa shape index (κ1) is 17.8. The van der Waals surface area contributed by atoms with E-state index in [1.165, 1.54) is 0 Å². The lowest BCUT2D eigenvalue weighted by Gasteiger charge is -2.20. The fraction of sp³-hybridized carbons (Fsp3) is 0.444. The summed E-state index contributed by atoms with van der Waals surface area (Å²) in [5.74, 6) is 0.388. The smallest absolute Gasteiger partial charge is 0.255 e. The van der Waals surface area contributed by atoms with Gasteiger partial charge in [0.2, 0.25) is 5.91 Å². The summed E-state index contributed by atoms with van der Waals surface area (Å²) in [5.41, 5.74) is 1.32. The molecule has 0 aliphatic carbocycles. The number of carbonyl (C=O) groups excluding carboxylic acids is 1. The summed E-state index contributed by atoms with van der Waals surface area (Å²) >= 11 is 0. The lowest BCUT2D eigenvalue weighted by molar-refractivity contribution is -0.130. The normalized spacial score (nSPS) is 10.6. The Kier molecular flexibility index (Phi) is 6.23. The van der Waals surface area contributed by atoms with Crippen molar-refractivity contribution < 1.29 is 4.79 Å². The van der Waals surface area contributed by atoms with Crippen LogP contribution in [-0.4, -0.2) is 38.8 Å². The topological polar surface area (TPSA) is 79.0 Å². The fourth-order valence-corrected chi connectivity index (χ4v) is 2.51. The SMILES string of the molecule is CCCCN(CC)C(=O)Cc1c(C)nc(-c2ccccn2)[nH]c1=O. The summed E-state index contributed by atoms with van der Waals surface area (Å²) in [7, 11) is 0. The minimum atomic E-state index is -0.275. The van der Waals surface area contributed by atoms with Crippen LogP contribution in [-0.2, 0) is 11.2 Å². The molecule has 0 radical (unpaired) electrons. The van der Waals surface area contributed by atoms with E-state index in [-0.39, 0.29) is 17.9 Å². The molecule has 0 fully saturated rings. The largest absolute Gasteiger partial charge is 0.343 e. The first-order valence-electron chi connectivity index (χ1n) is 8.35. The number of rotatable bonds is 7. The zero-order valence-electron chi connectivity index (χ0n) is 14.5. The van der Waals surface area contributed by atoms with Crippen LogP contribution in [0, 0.1) is 6.92 Å². The maximum Gasteiger partial charge on any atom is 0.255 e. The van der Waals surface area contributed by atoms with E-state index >= 15 is 0 Å². The van der Waals surface area contributed by atoms with Gasteiger partial charge in [0.05, 0.1) is 6.42 Å². The highest BCUT2D eigenvalue weighted by Crippen LogP contribution is 2.11. The molecule has 0 unspecified atom stereocenters. The summed E-state index contributed by atoms with van der Waals surface area (Å²) < 4.78 is 0. The molecule has 128 valence electrons. The van der Waals surface area contributed by atoms with Gasteiger partial charge in [-0.05, 0) is 32.4 Å². The summed E-state index contributed by atoms with van der Waals surface area (Å²) in [5, 5.41) is 0. The number of likely N-dealkylation sites (N-methyl/N-ethyl adjacent to an activating group) is 1. The highest BCUT2D eigenvalue weighted by Gasteiger charge is 2.17. The molecule has 0 saturated heterocycles. The molecular weight excluding hydrogens is 304 g/mol. The van der Waals surface area contributed by atoms with Gasteiger partial charge in [-0.15, -0.1) is 0 Å². The second-order valence-electron chi connectivity index (χ2n) is 5.70. The number of hydrogen-bond donors (Lipinski definition) is 1. The molecule has 0 aliphatic heterocycles. The number of amides is 1. The second kappa shape index (κ2) is 8.38. The van der Waals surface area contributed by atoms with Gasteiger partial charge >= 0.3 is 0 Å². The van der Waals surface area contributed by atoms with Crippen molar-refractivity contribution in [1.29, 1.82) is 0 Å². The van der Waals surface area contributed by atoms with Crippen LogP contribution in [0.3, 0.4) is 0 Å². The number of unbranched alkanes of at least 4 members (excludes halogenated alkanes) is 1. The summed E-state index contributed by atoms with van der Waals surface area (Å²) in [6, 6.07) is 5.42. The van der Waals surface area contributed by atoms with E-state index in [0.717, 1.165) is 19.4 Å². The van der Waals surface area contributed by atoms with E-state index < -0.39 is 0 Å². The van der Waals surface area contributed by atoms with Crippen molar-refractivity contribution in [3.63, 3.8) is 0 Å². The second-order valence-corrected chi connectivity index (χ2v) is 5.70. The zero-order chi connectivity index (χ0) is 17.5. The highest BCUT2D eigenvalue weighted by atomic mass is 16.2. The maximum absolute atomic E-state index is 12.4. The third-order valence-electron chi connectivity index (χ3n) is 3.97. The Balaban J connectivity index is 2.23. The van der Waals surface area contributed by atoms with Crippen LogP contribution in [0.5, 0.6) is 0 Å². The number of aromatic amines is 1. The Morgan fingerprint density at radius 1 is 1.29 bits per heavy atom. The predicted octanol–water partition coefficient (Wildman–Crippen LogP) is 2.33. The number of carbonyl (C=O) groups is 1. The van der Waals surface area contributed by atoms with Crippen molar-refractivity contribution in [3.05, 3.63) is 46.0 Å². The zero-order valence-corrected chi connectivity index (χ0v) is 14.5. The van der Waals surface area contributed by atoms with Crippen LogP contribution in [0.2, 0.25) is 0 Å².